The van der Waals surface area contributed by atoms with Crippen molar-refractivity contribution >= 4 is 35.1 Å². The fourth-order valence-corrected chi connectivity index (χ4v) is 3.74. The third-order valence-corrected chi connectivity index (χ3v) is 5.45. The lowest BCUT2D eigenvalue weighted by molar-refractivity contribution is -0.123. The highest BCUT2D eigenvalue weighted by Gasteiger charge is 2.55. The predicted octanol–water partition coefficient (Wildman–Crippen LogP) is 2.36. The van der Waals surface area contributed by atoms with Gasteiger partial charge in [0.25, 0.3) is 11.8 Å². The fraction of sp³-hybridized carbons (Fsp3) is 0.304. The Balaban J connectivity index is 1.41. The molecule has 2 atom stereocenters. The minimum absolute atomic E-state index is 0.258. The third-order valence-electron chi connectivity index (χ3n) is 5.45. The van der Waals surface area contributed by atoms with Crippen LogP contribution in [0, 0.1) is 0 Å². The quantitative estimate of drug-likeness (QED) is 0.512. The number of benzene rings is 2. The van der Waals surface area contributed by atoms with Crippen LogP contribution in [0.5, 0.6) is 0 Å². The van der Waals surface area contributed by atoms with E-state index >= 15 is 0 Å². The summed E-state index contributed by atoms with van der Waals surface area (Å²) < 4.78 is 4.93. The van der Waals surface area contributed by atoms with Gasteiger partial charge in [-0.15, -0.1) is 0 Å². The Kier molecular flexibility index (Phi) is 6.16. The maximum absolute atomic E-state index is 13.0. The first-order valence-electron chi connectivity index (χ1n) is 10.6. The fourth-order valence-electron chi connectivity index (χ4n) is 3.74. The molecule has 2 aromatic rings. The van der Waals surface area contributed by atoms with Gasteiger partial charge in [0, 0.05) is 5.69 Å². The molecule has 0 radical (unpaired) electrons. The molecule has 1 saturated heterocycles. The van der Waals surface area contributed by atoms with E-state index in [1.807, 2.05) is 19.1 Å². The van der Waals surface area contributed by atoms with Crippen molar-refractivity contribution in [1.82, 2.24) is 5.01 Å². The number of fused-ring (bicyclic) bond motifs is 1. The second-order valence-electron chi connectivity index (χ2n) is 7.57. The molecule has 3 amide bonds. The number of carbonyl (C=O) groups is 4. The molecule has 1 N–H and O–H groups in total. The van der Waals surface area contributed by atoms with Crippen molar-refractivity contribution < 1.29 is 23.9 Å². The first kappa shape index (κ1) is 22.1. The molecule has 0 spiro atoms. The second kappa shape index (κ2) is 9.19. The van der Waals surface area contributed by atoms with E-state index in [1.165, 1.54) is 5.01 Å². The number of nitrogens with zero attached hydrogens (tertiary/aromatic N) is 4. The summed E-state index contributed by atoms with van der Waals surface area (Å²) in [7, 11) is 0. The van der Waals surface area contributed by atoms with E-state index in [-0.39, 0.29) is 13.2 Å². The molecular formula is C23H23N5O5. The van der Waals surface area contributed by atoms with Gasteiger partial charge in [0.15, 0.2) is 12.1 Å². The summed E-state index contributed by atoms with van der Waals surface area (Å²) in [5, 5.41) is 11.7. The molecule has 0 aliphatic carbocycles. The van der Waals surface area contributed by atoms with Crippen LogP contribution in [0.15, 0.2) is 58.9 Å². The van der Waals surface area contributed by atoms with Gasteiger partial charge in [0.1, 0.15) is 6.54 Å². The molecule has 2 heterocycles. The molecule has 2 aliphatic rings. The van der Waals surface area contributed by atoms with E-state index < -0.39 is 35.8 Å². The van der Waals surface area contributed by atoms with E-state index in [0.29, 0.717) is 16.9 Å². The topological polar surface area (TPSA) is 121 Å². The molecule has 0 saturated carbocycles. The van der Waals surface area contributed by atoms with Crippen molar-refractivity contribution in [1.29, 1.82) is 0 Å². The van der Waals surface area contributed by atoms with E-state index in [4.69, 9.17) is 4.74 Å². The Bertz CT molecular complexity index is 1110. The number of rotatable bonds is 7. The zero-order valence-electron chi connectivity index (χ0n) is 18.2. The van der Waals surface area contributed by atoms with Gasteiger partial charge < -0.3 is 10.1 Å². The number of hydrogen-bond donors (Lipinski definition) is 1. The van der Waals surface area contributed by atoms with Gasteiger partial charge in [-0.3, -0.25) is 19.4 Å². The van der Waals surface area contributed by atoms with Crippen LogP contribution in [0.2, 0.25) is 0 Å². The standard InChI is InChI=1S/C23H23N5O5/c1-3-14-5-11-17(12-6-14)28-21(30)19-20(22(28)31)27(26-25-19)13-18(29)24-16-9-7-15(8-10-16)23(32)33-4-2/h5-12,19-20H,3-4,13H2,1-2H3,(H,24,29)/t19-,20-/m1/s1. The minimum Gasteiger partial charge on any atom is -0.462 e. The lowest BCUT2D eigenvalue weighted by Gasteiger charge is -2.20. The van der Waals surface area contributed by atoms with Crippen molar-refractivity contribution in [3.05, 3.63) is 59.7 Å². The molecule has 4 rings (SSSR count). The van der Waals surface area contributed by atoms with Crippen LogP contribution in [0.4, 0.5) is 11.4 Å². The SMILES string of the molecule is CCOC(=O)c1ccc(NC(=O)CN2N=N[C@H]3C(=O)N(c4ccc(CC)cc4)C(=O)[C@@H]32)cc1. The summed E-state index contributed by atoms with van der Waals surface area (Å²) in [6.45, 7) is 3.75. The summed E-state index contributed by atoms with van der Waals surface area (Å²) in [6, 6.07) is 11.5. The number of nitrogens with one attached hydrogen (secondary N) is 1. The number of amides is 3. The average Bonchev–Trinajstić information content (AvgIpc) is 3.33. The average molecular weight is 449 g/mol. The molecular weight excluding hydrogens is 426 g/mol. The van der Waals surface area contributed by atoms with Gasteiger partial charge in [-0.2, -0.15) is 5.11 Å². The zero-order chi connectivity index (χ0) is 23.5. The van der Waals surface area contributed by atoms with Crippen LogP contribution >= 0.6 is 0 Å². The number of esters is 1. The predicted molar refractivity (Wildman–Crippen MR) is 118 cm³/mol. The van der Waals surface area contributed by atoms with Crippen LogP contribution in [0.3, 0.4) is 0 Å². The Morgan fingerprint density at radius 3 is 2.33 bits per heavy atom. The highest BCUT2D eigenvalue weighted by molar-refractivity contribution is 6.25. The van der Waals surface area contributed by atoms with Crippen molar-refractivity contribution in [2.75, 3.05) is 23.4 Å². The highest BCUT2D eigenvalue weighted by atomic mass is 16.5. The van der Waals surface area contributed by atoms with Gasteiger partial charge in [-0.05, 0) is 55.3 Å². The summed E-state index contributed by atoms with van der Waals surface area (Å²) in [6.07, 6.45) is 0.843. The normalized spacial score (nSPS) is 19.1. The number of imide groups is 1. The smallest absolute Gasteiger partial charge is 0.338 e. The van der Waals surface area contributed by atoms with Gasteiger partial charge >= 0.3 is 5.97 Å². The minimum atomic E-state index is -0.972. The number of anilines is 2. The highest BCUT2D eigenvalue weighted by Crippen LogP contribution is 2.32. The number of ether oxygens (including phenoxy) is 1. The van der Waals surface area contributed by atoms with E-state index in [0.717, 1.165) is 16.9 Å². The molecule has 0 aromatic heterocycles. The summed E-state index contributed by atoms with van der Waals surface area (Å²) in [5.74, 6) is -1.82. The summed E-state index contributed by atoms with van der Waals surface area (Å²) >= 11 is 0. The third kappa shape index (κ3) is 4.32. The van der Waals surface area contributed by atoms with Crippen molar-refractivity contribution in [2.24, 2.45) is 10.3 Å². The van der Waals surface area contributed by atoms with Crippen LogP contribution in [-0.4, -0.2) is 53.9 Å². The van der Waals surface area contributed by atoms with Gasteiger partial charge in [0.05, 0.1) is 17.9 Å². The van der Waals surface area contributed by atoms with Gasteiger partial charge in [-0.1, -0.05) is 24.3 Å². The Labute approximate surface area is 190 Å². The van der Waals surface area contributed by atoms with Crippen LogP contribution in [0.1, 0.15) is 29.8 Å². The van der Waals surface area contributed by atoms with Gasteiger partial charge in [-0.25, -0.2) is 9.69 Å². The van der Waals surface area contributed by atoms with Crippen LogP contribution in [-0.2, 0) is 25.5 Å². The first-order chi connectivity index (χ1) is 15.9. The molecule has 33 heavy (non-hydrogen) atoms. The van der Waals surface area contributed by atoms with Crippen LogP contribution in [0.25, 0.3) is 0 Å². The Morgan fingerprint density at radius 1 is 1.00 bits per heavy atom. The van der Waals surface area contributed by atoms with Crippen molar-refractivity contribution in [2.45, 2.75) is 32.4 Å². The molecule has 1 fully saturated rings. The first-order valence-corrected chi connectivity index (χ1v) is 10.6. The molecule has 10 nitrogen and oxygen atoms in total. The van der Waals surface area contributed by atoms with Crippen LogP contribution < -0.4 is 10.2 Å². The van der Waals surface area contributed by atoms with Crippen molar-refractivity contribution in [3.63, 3.8) is 0 Å². The van der Waals surface area contributed by atoms with Gasteiger partial charge in [0.2, 0.25) is 5.91 Å². The number of aryl methyl sites for hydroxylation is 1. The summed E-state index contributed by atoms with van der Waals surface area (Å²) in [5.41, 5.74) is 2.39. The second-order valence-corrected chi connectivity index (χ2v) is 7.57. The Morgan fingerprint density at radius 2 is 1.70 bits per heavy atom. The van der Waals surface area contributed by atoms with E-state index in [9.17, 15) is 19.2 Å². The molecule has 2 aliphatic heterocycles. The molecule has 0 bridgehead atoms. The van der Waals surface area contributed by atoms with Crippen molar-refractivity contribution in [3.8, 4) is 0 Å². The zero-order valence-corrected chi connectivity index (χ0v) is 18.2. The lowest BCUT2D eigenvalue weighted by atomic mass is 10.1. The molecule has 10 heteroatoms. The lowest BCUT2D eigenvalue weighted by Crippen LogP contribution is -2.43. The monoisotopic (exact) mass is 449 g/mol. The molecule has 170 valence electrons. The maximum atomic E-state index is 13.0. The summed E-state index contributed by atoms with van der Waals surface area (Å²) in [4.78, 5) is 51.2. The van der Waals surface area contributed by atoms with E-state index in [1.54, 1.807) is 43.3 Å². The number of carbonyl (C=O) groups excluding carboxylic acids is 4. The number of hydrogen-bond acceptors (Lipinski definition) is 8. The molecule has 2 aromatic carbocycles. The maximum Gasteiger partial charge on any atom is 0.338 e. The largest absolute Gasteiger partial charge is 0.462 e. The molecule has 0 unspecified atom stereocenters. The van der Waals surface area contributed by atoms with E-state index in [2.05, 4.69) is 15.7 Å². The Hall–Kier alpha value is -4.08.